The van der Waals surface area contributed by atoms with Gasteiger partial charge in [0.05, 0.1) is 31.5 Å². The van der Waals surface area contributed by atoms with E-state index in [1.807, 2.05) is 41.4 Å². The highest BCUT2D eigenvalue weighted by Crippen LogP contribution is 2.49. The molecule has 0 spiro atoms. The standard InChI is InChI=1S/C24H20ClFN2O3/c1-29-17-8-10-22(30-2)19(12-17)24-28-21(18-11-15(25)5-9-23(18)31-24)13-20(27-28)14-3-6-16(26)7-4-14/h3-12,21,24H,13H2,1-2H3/t21-,24-/m1/s1. The second kappa shape index (κ2) is 7.78. The van der Waals surface area contributed by atoms with Gasteiger partial charge in [-0.3, -0.25) is 0 Å². The molecule has 2 aliphatic rings. The number of rotatable bonds is 4. The fourth-order valence-electron chi connectivity index (χ4n) is 4.11. The molecular formula is C24H20ClFN2O3. The minimum atomic E-state index is -0.526. The van der Waals surface area contributed by atoms with Crippen molar-refractivity contribution in [3.63, 3.8) is 0 Å². The van der Waals surface area contributed by atoms with Crippen LogP contribution in [-0.2, 0) is 0 Å². The van der Waals surface area contributed by atoms with Gasteiger partial charge in [-0.25, -0.2) is 9.40 Å². The zero-order chi connectivity index (χ0) is 21.5. The number of methoxy groups -OCH3 is 2. The maximum Gasteiger partial charge on any atom is 0.217 e. The molecule has 0 fully saturated rings. The first-order valence-electron chi connectivity index (χ1n) is 9.87. The third kappa shape index (κ3) is 3.47. The highest BCUT2D eigenvalue weighted by atomic mass is 35.5. The average molecular weight is 439 g/mol. The van der Waals surface area contributed by atoms with Crippen molar-refractivity contribution in [2.75, 3.05) is 14.2 Å². The molecule has 0 aliphatic carbocycles. The Morgan fingerprint density at radius 1 is 1.00 bits per heavy atom. The molecule has 2 heterocycles. The second-order valence-corrected chi connectivity index (χ2v) is 7.85. The summed E-state index contributed by atoms with van der Waals surface area (Å²) in [5.41, 5.74) is 3.49. The Balaban J connectivity index is 1.63. The number of ether oxygens (including phenoxy) is 3. The molecule has 0 saturated heterocycles. The maximum atomic E-state index is 13.4. The lowest BCUT2D eigenvalue weighted by Gasteiger charge is -2.38. The van der Waals surface area contributed by atoms with Crippen LogP contribution in [0, 0.1) is 5.82 Å². The molecule has 3 aromatic carbocycles. The predicted octanol–water partition coefficient (Wildman–Crippen LogP) is 5.74. The van der Waals surface area contributed by atoms with Gasteiger partial charge in [0.15, 0.2) is 0 Å². The van der Waals surface area contributed by atoms with Crippen LogP contribution in [0.25, 0.3) is 0 Å². The van der Waals surface area contributed by atoms with Crippen LogP contribution in [0.5, 0.6) is 17.2 Å². The van der Waals surface area contributed by atoms with Gasteiger partial charge in [-0.05, 0) is 54.1 Å². The van der Waals surface area contributed by atoms with Crippen LogP contribution in [0.4, 0.5) is 4.39 Å². The van der Waals surface area contributed by atoms with Crippen molar-refractivity contribution in [2.24, 2.45) is 5.10 Å². The first-order valence-corrected chi connectivity index (χ1v) is 10.2. The summed E-state index contributed by atoms with van der Waals surface area (Å²) in [5.74, 6) is 1.84. The molecular weight excluding hydrogens is 419 g/mol. The number of halogens is 2. The van der Waals surface area contributed by atoms with Crippen molar-refractivity contribution >= 4 is 17.3 Å². The molecule has 0 amide bonds. The van der Waals surface area contributed by atoms with Gasteiger partial charge in [-0.15, -0.1) is 0 Å². The zero-order valence-corrected chi connectivity index (χ0v) is 17.8. The SMILES string of the molecule is COc1ccc(OC)c([C@H]2Oc3ccc(Cl)cc3[C@H]3CC(c4ccc(F)cc4)=NN32)c1. The molecule has 2 atom stereocenters. The summed E-state index contributed by atoms with van der Waals surface area (Å²) in [5, 5.41) is 7.45. The largest absolute Gasteiger partial charge is 0.497 e. The van der Waals surface area contributed by atoms with E-state index in [2.05, 4.69) is 0 Å². The maximum absolute atomic E-state index is 13.4. The summed E-state index contributed by atoms with van der Waals surface area (Å²) in [6.07, 6.45) is 0.118. The molecule has 0 aromatic heterocycles. The van der Waals surface area contributed by atoms with Crippen LogP contribution in [0.3, 0.4) is 0 Å². The van der Waals surface area contributed by atoms with Crippen molar-refractivity contribution in [3.8, 4) is 17.2 Å². The summed E-state index contributed by atoms with van der Waals surface area (Å²) < 4.78 is 30.9. The van der Waals surface area contributed by atoms with Crippen LogP contribution < -0.4 is 14.2 Å². The number of fused-ring (bicyclic) bond motifs is 3. The number of hydrogen-bond donors (Lipinski definition) is 0. The third-order valence-corrected chi connectivity index (χ3v) is 5.87. The Hall–Kier alpha value is -3.25. The van der Waals surface area contributed by atoms with Crippen molar-refractivity contribution in [1.82, 2.24) is 5.01 Å². The van der Waals surface area contributed by atoms with Crippen LogP contribution in [-0.4, -0.2) is 24.9 Å². The molecule has 0 unspecified atom stereocenters. The van der Waals surface area contributed by atoms with Crippen LogP contribution in [0.1, 0.15) is 35.4 Å². The van der Waals surface area contributed by atoms with Crippen molar-refractivity contribution in [2.45, 2.75) is 18.7 Å². The fraction of sp³-hybridized carbons (Fsp3) is 0.208. The van der Waals surface area contributed by atoms with Gasteiger partial charge in [0.25, 0.3) is 0 Å². The molecule has 7 heteroatoms. The number of hydrogen-bond acceptors (Lipinski definition) is 5. The number of nitrogens with zero attached hydrogens (tertiary/aromatic N) is 2. The van der Waals surface area contributed by atoms with Gasteiger partial charge in [-0.1, -0.05) is 23.7 Å². The topological polar surface area (TPSA) is 43.3 Å². The van der Waals surface area contributed by atoms with Crippen LogP contribution in [0.15, 0.2) is 65.8 Å². The predicted molar refractivity (Wildman–Crippen MR) is 117 cm³/mol. The first-order chi connectivity index (χ1) is 15.1. The Bertz CT molecular complexity index is 1170. The van der Waals surface area contributed by atoms with E-state index in [0.717, 1.165) is 28.2 Å². The summed E-state index contributed by atoms with van der Waals surface area (Å²) in [7, 11) is 3.24. The van der Waals surface area contributed by atoms with Gasteiger partial charge >= 0.3 is 0 Å². The lowest BCUT2D eigenvalue weighted by molar-refractivity contribution is -0.0204. The van der Waals surface area contributed by atoms with E-state index in [1.54, 1.807) is 26.4 Å². The van der Waals surface area contributed by atoms with E-state index >= 15 is 0 Å². The minimum Gasteiger partial charge on any atom is -0.497 e. The van der Waals surface area contributed by atoms with Gasteiger partial charge in [0, 0.05) is 17.0 Å². The normalized spacial score (nSPS) is 19.2. The van der Waals surface area contributed by atoms with E-state index in [9.17, 15) is 4.39 Å². The zero-order valence-electron chi connectivity index (χ0n) is 17.0. The molecule has 5 nitrogen and oxygen atoms in total. The van der Waals surface area contributed by atoms with Crippen molar-refractivity contribution < 1.29 is 18.6 Å². The molecule has 31 heavy (non-hydrogen) atoms. The van der Waals surface area contributed by atoms with Crippen LogP contribution in [0.2, 0.25) is 5.02 Å². The van der Waals surface area contributed by atoms with Crippen molar-refractivity contribution in [1.29, 1.82) is 0 Å². The Morgan fingerprint density at radius 3 is 2.55 bits per heavy atom. The van der Waals surface area contributed by atoms with Gasteiger partial charge < -0.3 is 14.2 Å². The van der Waals surface area contributed by atoms with Gasteiger partial charge in [0.2, 0.25) is 6.23 Å². The monoisotopic (exact) mass is 438 g/mol. The molecule has 0 saturated carbocycles. The van der Waals surface area contributed by atoms with Gasteiger partial charge in [0.1, 0.15) is 23.1 Å². The summed E-state index contributed by atoms with van der Waals surface area (Å²) in [4.78, 5) is 0. The number of benzene rings is 3. The minimum absolute atomic E-state index is 0.0802. The molecule has 2 aliphatic heterocycles. The van der Waals surface area contributed by atoms with Crippen LogP contribution >= 0.6 is 11.6 Å². The van der Waals surface area contributed by atoms with Crippen molar-refractivity contribution in [3.05, 3.63) is 88.2 Å². The van der Waals surface area contributed by atoms with E-state index < -0.39 is 6.23 Å². The molecule has 0 radical (unpaired) electrons. The fourth-order valence-corrected chi connectivity index (χ4v) is 4.29. The lowest BCUT2D eigenvalue weighted by atomic mass is 9.95. The highest BCUT2D eigenvalue weighted by molar-refractivity contribution is 6.30. The van der Waals surface area contributed by atoms with E-state index in [4.69, 9.17) is 30.9 Å². The molecule has 0 N–H and O–H groups in total. The molecule has 0 bridgehead atoms. The summed E-state index contributed by atoms with van der Waals surface area (Å²) >= 11 is 6.29. The first kappa shape index (κ1) is 19.7. The van der Waals surface area contributed by atoms with E-state index in [0.29, 0.717) is 22.9 Å². The summed E-state index contributed by atoms with van der Waals surface area (Å²) in [6.45, 7) is 0. The smallest absolute Gasteiger partial charge is 0.217 e. The number of hydrazone groups is 1. The van der Waals surface area contributed by atoms with E-state index in [-0.39, 0.29) is 11.9 Å². The quantitative estimate of drug-likeness (QED) is 0.521. The average Bonchev–Trinajstić information content (AvgIpc) is 3.24. The van der Waals surface area contributed by atoms with E-state index in [1.165, 1.54) is 12.1 Å². The highest BCUT2D eigenvalue weighted by Gasteiger charge is 2.42. The molecule has 158 valence electrons. The van der Waals surface area contributed by atoms with Gasteiger partial charge in [-0.2, -0.15) is 5.10 Å². The Morgan fingerprint density at radius 2 is 1.81 bits per heavy atom. The lowest BCUT2D eigenvalue weighted by Crippen LogP contribution is -2.34. The Kier molecular flexibility index (Phi) is 4.94. The molecule has 3 aromatic rings. The molecule has 5 rings (SSSR count). The Labute approximate surface area is 184 Å². The second-order valence-electron chi connectivity index (χ2n) is 7.41. The third-order valence-electron chi connectivity index (χ3n) is 5.63. The summed E-state index contributed by atoms with van der Waals surface area (Å²) in [6, 6.07) is 17.5.